The number of non-ortho nitro benzene ring substituents is 1. The Hall–Kier alpha value is -3.42. The lowest BCUT2D eigenvalue weighted by atomic mass is 10.2. The molecule has 2 aromatic rings. The molecule has 0 fully saturated rings. The Kier molecular flexibility index (Phi) is 5.67. The Labute approximate surface area is 143 Å². The molecule has 0 aliphatic carbocycles. The fraction of sp³-hybridized carbons (Fsp3) is 0.176. The maximum Gasteiger partial charge on any atom is 0.338 e. The van der Waals surface area contributed by atoms with Crippen molar-refractivity contribution >= 4 is 23.3 Å². The van der Waals surface area contributed by atoms with E-state index >= 15 is 0 Å². The van der Waals surface area contributed by atoms with Crippen LogP contribution in [0, 0.1) is 10.1 Å². The molecule has 0 unspecified atom stereocenters. The molecule has 0 saturated carbocycles. The number of nitrogens with zero attached hydrogens (tertiary/aromatic N) is 1. The fourth-order valence-electron chi connectivity index (χ4n) is 1.99. The van der Waals surface area contributed by atoms with Gasteiger partial charge in [-0.05, 0) is 25.1 Å². The molecule has 0 aliphatic heterocycles. The molecular formula is C17H16N2O6. The van der Waals surface area contributed by atoms with Crippen molar-refractivity contribution < 1.29 is 24.0 Å². The van der Waals surface area contributed by atoms with Gasteiger partial charge in [-0.25, -0.2) is 4.79 Å². The van der Waals surface area contributed by atoms with Crippen LogP contribution in [0.4, 0.5) is 11.4 Å². The number of nitro benzene ring substituents is 1. The van der Waals surface area contributed by atoms with Gasteiger partial charge >= 0.3 is 5.97 Å². The number of esters is 1. The summed E-state index contributed by atoms with van der Waals surface area (Å²) in [5, 5.41) is 13.3. The molecule has 0 radical (unpaired) electrons. The number of hydrogen-bond donors (Lipinski definition) is 1. The van der Waals surface area contributed by atoms with Gasteiger partial charge in [0.2, 0.25) is 0 Å². The number of amides is 1. The highest BCUT2D eigenvalue weighted by molar-refractivity contribution is 5.98. The summed E-state index contributed by atoms with van der Waals surface area (Å²) < 4.78 is 10.1. The molecule has 25 heavy (non-hydrogen) atoms. The third-order valence-electron chi connectivity index (χ3n) is 3.32. The highest BCUT2D eigenvalue weighted by atomic mass is 16.6. The van der Waals surface area contributed by atoms with Crippen LogP contribution < -0.4 is 10.1 Å². The Morgan fingerprint density at radius 3 is 2.44 bits per heavy atom. The topological polar surface area (TPSA) is 108 Å². The van der Waals surface area contributed by atoms with E-state index in [1.54, 1.807) is 30.3 Å². The first kappa shape index (κ1) is 17.9. The summed E-state index contributed by atoms with van der Waals surface area (Å²) in [6.45, 7) is 1.42. The van der Waals surface area contributed by atoms with E-state index in [0.29, 0.717) is 5.56 Å². The molecule has 0 aromatic heterocycles. The van der Waals surface area contributed by atoms with E-state index in [4.69, 9.17) is 9.47 Å². The number of benzene rings is 2. The van der Waals surface area contributed by atoms with E-state index in [0.717, 1.165) is 0 Å². The predicted molar refractivity (Wildman–Crippen MR) is 89.6 cm³/mol. The summed E-state index contributed by atoms with van der Waals surface area (Å²) in [4.78, 5) is 34.3. The predicted octanol–water partition coefficient (Wildman–Crippen LogP) is 2.79. The maximum absolute atomic E-state index is 12.2. The largest absolute Gasteiger partial charge is 0.494 e. The zero-order valence-corrected chi connectivity index (χ0v) is 13.6. The SMILES string of the molecule is COc1cc([N+](=O)[O-])ccc1NC(=O)[C@H](C)OC(=O)c1ccccc1. The number of carbonyl (C=O) groups excluding carboxylic acids is 2. The average molecular weight is 344 g/mol. The number of nitro groups is 1. The number of hydrogen-bond acceptors (Lipinski definition) is 6. The van der Waals surface area contributed by atoms with Gasteiger partial charge in [0, 0.05) is 6.07 Å². The van der Waals surface area contributed by atoms with Crippen LogP contribution in [0.15, 0.2) is 48.5 Å². The second-order valence-electron chi connectivity index (χ2n) is 5.04. The van der Waals surface area contributed by atoms with Crippen LogP contribution >= 0.6 is 0 Å². The lowest BCUT2D eigenvalue weighted by Crippen LogP contribution is -2.30. The van der Waals surface area contributed by atoms with Crippen molar-refractivity contribution in [2.45, 2.75) is 13.0 Å². The van der Waals surface area contributed by atoms with E-state index < -0.39 is 22.9 Å². The molecule has 130 valence electrons. The summed E-state index contributed by atoms with van der Waals surface area (Å²) in [5.41, 5.74) is 0.397. The number of methoxy groups -OCH3 is 1. The highest BCUT2D eigenvalue weighted by Crippen LogP contribution is 2.29. The van der Waals surface area contributed by atoms with Crippen molar-refractivity contribution in [1.82, 2.24) is 0 Å². The average Bonchev–Trinajstić information content (AvgIpc) is 2.62. The Morgan fingerprint density at radius 2 is 1.84 bits per heavy atom. The van der Waals surface area contributed by atoms with Crippen LogP contribution in [0.5, 0.6) is 5.75 Å². The van der Waals surface area contributed by atoms with Crippen molar-refractivity contribution in [3.63, 3.8) is 0 Å². The van der Waals surface area contributed by atoms with Crippen molar-refractivity contribution in [2.24, 2.45) is 0 Å². The van der Waals surface area contributed by atoms with E-state index in [1.165, 1.54) is 32.2 Å². The number of anilines is 1. The second-order valence-corrected chi connectivity index (χ2v) is 5.04. The Balaban J connectivity index is 2.06. The summed E-state index contributed by atoms with van der Waals surface area (Å²) in [6, 6.07) is 12.0. The minimum atomic E-state index is -1.06. The molecule has 1 atom stereocenters. The van der Waals surface area contributed by atoms with Gasteiger partial charge in [-0.3, -0.25) is 14.9 Å². The summed E-state index contributed by atoms with van der Waals surface area (Å²) in [7, 11) is 1.33. The van der Waals surface area contributed by atoms with E-state index in [9.17, 15) is 19.7 Å². The molecule has 0 bridgehead atoms. The molecule has 0 heterocycles. The summed E-state index contributed by atoms with van der Waals surface area (Å²) in [6.07, 6.45) is -1.06. The van der Waals surface area contributed by atoms with Gasteiger partial charge in [0.25, 0.3) is 11.6 Å². The zero-order valence-electron chi connectivity index (χ0n) is 13.6. The number of ether oxygens (including phenoxy) is 2. The molecule has 0 aliphatic rings. The van der Waals surface area contributed by atoms with E-state index in [-0.39, 0.29) is 17.1 Å². The van der Waals surface area contributed by atoms with Gasteiger partial charge in [-0.1, -0.05) is 18.2 Å². The molecule has 8 nitrogen and oxygen atoms in total. The van der Waals surface area contributed by atoms with E-state index in [1.807, 2.05) is 0 Å². The number of nitrogens with one attached hydrogen (secondary N) is 1. The van der Waals surface area contributed by atoms with Gasteiger partial charge < -0.3 is 14.8 Å². The monoisotopic (exact) mass is 344 g/mol. The minimum Gasteiger partial charge on any atom is -0.494 e. The van der Waals surface area contributed by atoms with Crippen molar-refractivity contribution in [3.05, 3.63) is 64.2 Å². The van der Waals surface area contributed by atoms with Crippen LogP contribution in [0.1, 0.15) is 17.3 Å². The maximum atomic E-state index is 12.2. The summed E-state index contributed by atoms with van der Waals surface area (Å²) in [5.74, 6) is -1.08. The first-order chi connectivity index (χ1) is 11.9. The normalized spacial score (nSPS) is 11.3. The van der Waals surface area contributed by atoms with Gasteiger partial charge in [-0.2, -0.15) is 0 Å². The highest BCUT2D eigenvalue weighted by Gasteiger charge is 2.21. The van der Waals surface area contributed by atoms with E-state index in [2.05, 4.69) is 5.32 Å². The molecule has 2 aromatic carbocycles. The Bertz CT molecular complexity index is 791. The quantitative estimate of drug-likeness (QED) is 0.490. The lowest BCUT2D eigenvalue weighted by molar-refractivity contribution is -0.384. The van der Waals surface area contributed by atoms with Gasteiger partial charge in [0.1, 0.15) is 5.75 Å². The van der Waals surface area contributed by atoms with Crippen LogP contribution in [0.25, 0.3) is 0 Å². The van der Waals surface area contributed by atoms with Gasteiger partial charge in [-0.15, -0.1) is 0 Å². The summed E-state index contributed by atoms with van der Waals surface area (Å²) >= 11 is 0. The third-order valence-corrected chi connectivity index (χ3v) is 3.32. The fourth-order valence-corrected chi connectivity index (χ4v) is 1.99. The molecular weight excluding hydrogens is 328 g/mol. The molecule has 0 spiro atoms. The number of rotatable bonds is 6. The first-order valence-corrected chi connectivity index (χ1v) is 7.31. The second kappa shape index (κ2) is 7.91. The van der Waals surface area contributed by atoms with Crippen molar-refractivity contribution in [3.8, 4) is 5.75 Å². The van der Waals surface area contributed by atoms with Crippen LogP contribution in [-0.4, -0.2) is 30.0 Å². The molecule has 1 amide bonds. The Morgan fingerprint density at radius 1 is 1.16 bits per heavy atom. The van der Waals surface area contributed by atoms with Gasteiger partial charge in [0.05, 0.1) is 29.4 Å². The first-order valence-electron chi connectivity index (χ1n) is 7.31. The number of carbonyl (C=O) groups is 2. The van der Waals surface area contributed by atoms with Crippen LogP contribution in [-0.2, 0) is 9.53 Å². The molecule has 0 saturated heterocycles. The third kappa shape index (κ3) is 4.54. The zero-order chi connectivity index (χ0) is 18.4. The minimum absolute atomic E-state index is 0.129. The lowest BCUT2D eigenvalue weighted by Gasteiger charge is -2.15. The van der Waals surface area contributed by atoms with Crippen LogP contribution in [0.3, 0.4) is 0 Å². The van der Waals surface area contributed by atoms with Crippen LogP contribution in [0.2, 0.25) is 0 Å². The molecule has 8 heteroatoms. The molecule has 2 rings (SSSR count). The van der Waals surface area contributed by atoms with Crippen molar-refractivity contribution in [2.75, 3.05) is 12.4 Å². The van der Waals surface area contributed by atoms with Crippen molar-refractivity contribution in [1.29, 1.82) is 0 Å². The van der Waals surface area contributed by atoms with Gasteiger partial charge in [0.15, 0.2) is 6.10 Å². The smallest absolute Gasteiger partial charge is 0.338 e. The standard InChI is InChI=1S/C17H16N2O6/c1-11(25-17(21)12-6-4-3-5-7-12)16(20)18-14-9-8-13(19(22)23)10-15(14)24-2/h3-11H,1-2H3,(H,18,20)/t11-/m0/s1. The molecule has 1 N–H and O–H groups in total.